The lowest BCUT2D eigenvalue weighted by Gasteiger charge is -2.07. The van der Waals surface area contributed by atoms with E-state index in [2.05, 4.69) is 4.98 Å². The van der Waals surface area contributed by atoms with Crippen molar-refractivity contribution in [3.63, 3.8) is 0 Å². The summed E-state index contributed by atoms with van der Waals surface area (Å²) in [5.41, 5.74) is -0.236. The second-order valence-electron chi connectivity index (χ2n) is 3.58. The number of nitriles is 1. The van der Waals surface area contributed by atoms with Crippen LogP contribution in [-0.4, -0.2) is 9.91 Å². The summed E-state index contributed by atoms with van der Waals surface area (Å²) < 4.78 is 18.6. The van der Waals surface area contributed by atoms with Gasteiger partial charge in [-0.15, -0.1) is 0 Å². The summed E-state index contributed by atoms with van der Waals surface area (Å²) in [5, 5.41) is 19.8. The van der Waals surface area contributed by atoms with Crippen molar-refractivity contribution in [2.75, 3.05) is 0 Å². The summed E-state index contributed by atoms with van der Waals surface area (Å²) in [6, 6.07) is 8.23. The molecule has 0 aliphatic carbocycles. The lowest BCUT2D eigenvalue weighted by atomic mass is 10.2. The molecular formula is C12H5FIN3O3. The second kappa shape index (κ2) is 5.79. The van der Waals surface area contributed by atoms with E-state index in [4.69, 9.17) is 10.00 Å². The largest absolute Gasteiger partial charge is 0.431 e. The Kier molecular flexibility index (Phi) is 4.09. The zero-order chi connectivity index (χ0) is 14.7. The molecule has 0 radical (unpaired) electrons. The molecule has 0 aliphatic heterocycles. The fraction of sp³-hybridized carbons (Fsp3) is 0. The van der Waals surface area contributed by atoms with Gasteiger partial charge in [-0.1, -0.05) is 6.07 Å². The van der Waals surface area contributed by atoms with E-state index < -0.39 is 10.9 Å². The molecule has 1 aromatic heterocycles. The van der Waals surface area contributed by atoms with Crippen LogP contribution in [0, 0.1) is 31.0 Å². The molecule has 0 spiro atoms. The van der Waals surface area contributed by atoms with Crippen molar-refractivity contribution in [2.24, 2.45) is 0 Å². The maximum atomic E-state index is 13.0. The van der Waals surface area contributed by atoms with E-state index in [-0.39, 0.29) is 22.9 Å². The van der Waals surface area contributed by atoms with Crippen LogP contribution < -0.4 is 4.74 Å². The number of halogens is 2. The van der Waals surface area contributed by atoms with Crippen LogP contribution >= 0.6 is 22.6 Å². The predicted octanol–water partition coefficient (Wildman–Crippen LogP) is 3.40. The van der Waals surface area contributed by atoms with Gasteiger partial charge in [0.05, 0.1) is 20.1 Å². The molecule has 0 saturated heterocycles. The molecule has 0 bridgehead atoms. The summed E-state index contributed by atoms with van der Waals surface area (Å²) >= 11 is 1.80. The van der Waals surface area contributed by atoms with Gasteiger partial charge in [0.25, 0.3) is 0 Å². The fourth-order valence-electron chi connectivity index (χ4n) is 1.43. The maximum Gasteiger partial charge on any atom is 0.314 e. The van der Waals surface area contributed by atoms with Gasteiger partial charge in [-0.05, 0) is 34.7 Å². The Morgan fingerprint density at radius 1 is 1.45 bits per heavy atom. The zero-order valence-electron chi connectivity index (χ0n) is 9.71. The van der Waals surface area contributed by atoms with Gasteiger partial charge in [0.15, 0.2) is 0 Å². The molecule has 2 aromatic rings. The number of benzene rings is 1. The third kappa shape index (κ3) is 3.00. The van der Waals surface area contributed by atoms with E-state index in [1.165, 1.54) is 18.2 Å². The van der Waals surface area contributed by atoms with Crippen LogP contribution in [0.15, 0.2) is 30.3 Å². The zero-order valence-corrected chi connectivity index (χ0v) is 11.9. The van der Waals surface area contributed by atoms with Crippen LogP contribution in [0.5, 0.6) is 11.6 Å². The first kappa shape index (κ1) is 14.1. The highest BCUT2D eigenvalue weighted by Crippen LogP contribution is 2.36. The van der Waals surface area contributed by atoms with Crippen molar-refractivity contribution in [3.05, 3.63) is 55.5 Å². The van der Waals surface area contributed by atoms with Gasteiger partial charge in [0.1, 0.15) is 0 Å². The van der Waals surface area contributed by atoms with Crippen molar-refractivity contribution in [2.45, 2.75) is 0 Å². The lowest BCUT2D eigenvalue weighted by Crippen LogP contribution is -1.98. The van der Waals surface area contributed by atoms with Gasteiger partial charge < -0.3 is 4.74 Å². The van der Waals surface area contributed by atoms with Crippen molar-refractivity contribution in [1.29, 1.82) is 5.26 Å². The van der Waals surface area contributed by atoms with Crippen LogP contribution in [0.4, 0.5) is 10.1 Å². The molecule has 0 N–H and O–H groups in total. The first-order valence-corrected chi connectivity index (χ1v) is 6.27. The highest BCUT2D eigenvalue weighted by Gasteiger charge is 2.21. The minimum absolute atomic E-state index is 0.0762. The number of aromatic nitrogens is 1. The molecule has 0 unspecified atom stereocenters. The van der Waals surface area contributed by atoms with E-state index in [0.29, 0.717) is 3.57 Å². The molecule has 0 atom stereocenters. The van der Waals surface area contributed by atoms with E-state index in [1.54, 1.807) is 22.6 Å². The first-order chi connectivity index (χ1) is 9.51. The molecule has 20 heavy (non-hydrogen) atoms. The van der Waals surface area contributed by atoms with Crippen LogP contribution in [0.25, 0.3) is 0 Å². The SMILES string of the molecule is N#Cc1cc(I)c(Oc2cccc(F)n2)c([N+](=O)[O-])c1. The van der Waals surface area contributed by atoms with Crippen molar-refractivity contribution in [1.82, 2.24) is 4.98 Å². The molecule has 0 amide bonds. The maximum absolute atomic E-state index is 13.0. The summed E-state index contributed by atoms with van der Waals surface area (Å²) in [6.07, 6.45) is 0. The van der Waals surface area contributed by atoms with Crippen LogP contribution in [0.1, 0.15) is 5.56 Å². The molecule has 0 fully saturated rings. The van der Waals surface area contributed by atoms with E-state index in [9.17, 15) is 14.5 Å². The Hall–Kier alpha value is -2.28. The summed E-state index contributed by atoms with van der Waals surface area (Å²) in [6.45, 7) is 0. The van der Waals surface area contributed by atoms with Crippen molar-refractivity contribution in [3.8, 4) is 17.7 Å². The highest BCUT2D eigenvalue weighted by atomic mass is 127. The Labute approximate surface area is 126 Å². The van der Waals surface area contributed by atoms with Crippen LogP contribution in [0.3, 0.4) is 0 Å². The third-order valence-electron chi connectivity index (χ3n) is 2.25. The molecular weight excluding hydrogens is 380 g/mol. The number of ether oxygens (including phenoxy) is 1. The quantitative estimate of drug-likeness (QED) is 0.350. The Bertz CT molecular complexity index is 730. The molecule has 1 aromatic carbocycles. The number of rotatable bonds is 3. The Morgan fingerprint density at radius 2 is 2.20 bits per heavy atom. The van der Waals surface area contributed by atoms with Crippen LogP contribution in [0.2, 0.25) is 0 Å². The van der Waals surface area contributed by atoms with Crippen molar-refractivity contribution >= 4 is 28.3 Å². The summed E-state index contributed by atoms with van der Waals surface area (Å²) in [7, 11) is 0. The topological polar surface area (TPSA) is 89.0 Å². The molecule has 0 saturated carbocycles. The molecule has 8 heteroatoms. The minimum atomic E-state index is -0.756. The summed E-state index contributed by atoms with van der Waals surface area (Å²) in [4.78, 5) is 13.8. The number of nitro groups is 1. The molecule has 0 aliphatic rings. The van der Waals surface area contributed by atoms with Gasteiger partial charge in [0, 0.05) is 12.1 Å². The Morgan fingerprint density at radius 3 is 2.80 bits per heavy atom. The Balaban J connectivity index is 2.51. The van der Waals surface area contributed by atoms with Gasteiger partial charge in [-0.2, -0.15) is 14.6 Å². The molecule has 2 rings (SSSR count). The number of pyridine rings is 1. The van der Waals surface area contributed by atoms with Gasteiger partial charge in [-0.25, -0.2) is 0 Å². The summed E-state index contributed by atoms with van der Waals surface area (Å²) in [5.74, 6) is -0.933. The monoisotopic (exact) mass is 385 g/mol. The molecule has 1 heterocycles. The number of hydrogen-bond acceptors (Lipinski definition) is 5. The average Bonchev–Trinajstić information content (AvgIpc) is 2.40. The predicted molar refractivity (Wildman–Crippen MR) is 74.8 cm³/mol. The number of hydrogen-bond donors (Lipinski definition) is 0. The van der Waals surface area contributed by atoms with Crippen LogP contribution in [-0.2, 0) is 0 Å². The normalized spacial score (nSPS) is 9.85. The average molecular weight is 385 g/mol. The standard InChI is InChI=1S/C12H5FIN3O3/c13-10-2-1-3-11(16-10)20-12-8(14)4-7(6-15)5-9(12)17(18)19/h1-5H. The lowest BCUT2D eigenvalue weighted by molar-refractivity contribution is -0.385. The van der Waals surface area contributed by atoms with E-state index in [1.807, 2.05) is 6.07 Å². The van der Waals surface area contributed by atoms with Crippen molar-refractivity contribution < 1.29 is 14.1 Å². The van der Waals surface area contributed by atoms with E-state index in [0.717, 1.165) is 12.1 Å². The van der Waals surface area contributed by atoms with Gasteiger partial charge in [-0.3, -0.25) is 10.1 Å². The highest BCUT2D eigenvalue weighted by molar-refractivity contribution is 14.1. The van der Waals surface area contributed by atoms with Gasteiger partial charge >= 0.3 is 5.69 Å². The number of nitro benzene ring substituents is 1. The molecule has 6 nitrogen and oxygen atoms in total. The molecule has 100 valence electrons. The fourth-order valence-corrected chi connectivity index (χ4v) is 2.15. The van der Waals surface area contributed by atoms with E-state index >= 15 is 0 Å². The third-order valence-corrected chi connectivity index (χ3v) is 3.05. The van der Waals surface area contributed by atoms with Gasteiger partial charge in [0.2, 0.25) is 17.6 Å². The smallest absolute Gasteiger partial charge is 0.314 e. The first-order valence-electron chi connectivity index (χ1n) is 5.19. The minimum Gasteiger partial charge on any atom is -0.431 e. The number of nitrogens with zero attached hydrogens (tertiary/aromatic N) is 3. The second-order valence-corrected chi connectivity index (χ2v) is 4.74.